The Kier molecular flexibility index (Phi) is 5.07. The molecule has 1 aromatic rings. The Balaban J connectivity index is 2.51. The van der Waals surface area contributed by atoms with Crippen LogP contribution in [0.15, 0.2) is 24.3 Å². The molecule has 5 nitrogen and oxygen atoms in total. The van der Waals surface area contributed by atoms with Gasteiger partial charge < -0.3 is 4.74 Å². The second-order valence-corrected chi connectivity index (χ2v) is 4.76. The second kappa shape index (κ2) is 6.09. The Morgan fingerprint density at radius 2 is 2.19 bits per heavy atom. The van der Waals surface area contributed by atoms with E-state index in [1.165, 1.54) is 0 Å². The first-order valence-electron chi connectivity index (χ1n) is 4.51. The zero-order chi connectivity index (χ0) is 12.0. The van der Waals surface area contributed by atoms with Crippen molar-refractivity contribution in [3.05, 3.63) is 29.8 Å². The summed E-state index contributed by atoms with van der Waals surface area (Å²) < 4.78 is 38.3. The van der Waals surface area contributed by atoms with Gasteiger partial charge in [-0.05, 0) is 24.6 Å². The van der Waals surface area contributed by atoms with Crippen LogP contribution in [-0.2, 0) is 19.8 Å². The molecule has 0 unspecified atom stereocenters. The first kappa shape index (κ1) is 13.3. The third-order valence-electron chi connectivity index (χ3n) is 1.57. The highest BCUT2D eigenvalue weighted by Gasteiger charge is 2.05. The van der Waals surface area contributed by atoms with Crippen molar-refractivity contribution in [2.45, 2.75) is 12.7 Å². The highest BCUT2D eigenvalue weighted by Crippen LogP contribution is 2.19. The fraction of sp³-hybridized carbons (Fsp3) is 0.333. The molecule has 0 heterocycles. The van der Waals surface area contributed by atoms with Crippen LogP contribution < -0.4 is 4.74 Å². The molecule has 0 aliphatic heterocycles. The molecule has 0 spiro atoms. The zero-order valence-electron chi connectivity index (χ0n) is 8.62. The largest absolute Gasteiger partial charge is 0.494 e. The van der Waals surface area contributed by atoms with Crippen molar-refractivity contribution in [3.63, 3.8) is 0 Å². The monoisotopic (exact) mass is 264 g/mol. The molecular formula is C9H12O5S2. The van der Waals surface area contributed by atoms with Crippen LogP contribution in [0.1, 0.15) is 12.5 Å². The average molecular weight is 264 g/mol. The van der Waals surface area contributed by atoms with Crippen LogP contribution in [0.5, 0.6) is 5.75 Å². The van der Waals surface area contributed by atoms with Crippen LogP contribution >= 0.6 is 12.0 Å². The van der Waals surface area contributed by atoms with E-state index in [9.17, 15) is 8.42 Å². The maximum atomic E-state index is 10.3. The molecule has 0 fully saturated rings. The van der Waals surface area contributed by atoms with E-state index in [4.69, 9.17) is 9.29 Å². The van der Waals surface area contributed by atoms with Crippen molar-refractivity contribution in [2.24, 2.45) is 0 Å². The van der Waals surface area contributed by atoms with E-state index in [2.05, 4.69) is 3.63 Å². The molecule has 0 saturated carbocycles. The smallest absolute Gasteiger partial charge is 0.408 e. The molecule has 0 saturated heterocycles. The fourth-order valence-electron chi connectivity index (χ4n) is 1.04. The lowest BCUT2D eigenvalue weighted by atomic mass is 10.2. The predicted octanol–water partition coefficient (Wildman–Crippen LogP) is 2.05. The molecule has 1 aromatic carbocycles. The maximum absolute atomic E-state index is 10.3. The van der Waals surface area contributed by atoms with Crippen LogP contribution in [0, 0.1) is 0 Å². The molecule has 0 aliphatic rings. The fourth-order valence-corrected chi connectivity index (χ4v) is 2.04. The summed E-state index contributed by atoms with van der Waals surface area (Å²) in [5.74, 6) is 1.02. The van der Waals surface area contributed by atoms with Gasteiger partial charge in [0.25, 0.3) is 0 Å². The second-order valence-electron chi connectivity index (χ2n) is 2.84. The lowest BCUT2D eigenvalue weighted by molar-refractivity contribution is 0.340. The Hall–Kier alpha value is -0.760. The Labute approximate surface area is 98.9 Å². The first-order valence-corrected chi connectivity index (χ1v) is 6.79. The Morgan fingerprint density at radius 3 is 2.81 bits per heavy atom. The minimum atomic E-state index is -4.38. The van der Waals surface area contributed by atoms with Gasteiger partial charge in [-0.1, -0.05) is 12.1 Å². The molecule has 0 aromatic heterocycles. The number of hydrogen-bond donors (Lipinski definition) is 1. The summed E-state index contributed by atoms with van der Waals surface area (Å²) in [6, 6.07) is 7.20. The summed E-state index contributed by atoms with van der Waals surface area (Å²) in [6.07, 6.45) is 0. The van der Waals surface area contributed by atoms with Gasteiger partial charge in [0.05, 0.1) is 6.61 Å². The highest BCUT2D eigenvalue weighted by molar-refractivity contribution is 8.02. The van der Waals surface area contributed by atoms with Crippen molar-refractivity contribution >= 4 is 22.4 Å². The maximum Gasteiger partial charge on any atom is 0.408 e. The van der Waals surface area contributed by atoms with Gasteiger partial charge in [0.15, 0.2) is 0 Å². The number of hydrogen-bond acceptors (Lipinski definition) is 5. The summed E-state index contributed by atoms with van der Waals surface area (Å²) in [7, 11) is -4.38. The number of rotatable bonds is 6. The standard InChI is InChI=1S/C9H12O5S2/c1-2-13-9-5-3-4-8(6-9)7-15-14-16(10,11)12/h3-6H,2,7H2,1H3,(H,10,11,12). The van der Waals surface area contributed by atoms with Gasteiger partial charge in [0.2, 0.25) is 0 Å². The Morgan fingerprint density at radius 1 is 1.44 bits per heavy atom. The SMILES string of the molecule is CCOc1cccc(CSOS(=O)(=O)O)c1. The summed E-state index contributed by atoms with van der Waals surface area (Å²) >= 11 is 0.647. The van der Waals surface area contributed by atoms with Crippen molar-refractivity contribution in [2.75, 3.05) is 6.61 Å². The lowest BCUT2D eigenvalue weighted by Crippen LogP contribution is -1.97. The van der Waals surface area contributed by atoms with E-state index >= 15 is 0 Å². The third-order valence-corrected chi connectivity index (χ3v) is 3.09. The minimum Gasteiger partial charge on any atom is -0.494 e. The molecule has 0 radical (unpaired) electrons. The summed E-state index contributed by atoms with van der Waals surface area (Å²) in [6.45, 7) is 2.45. The molecule has 0 amide bonds. The average Bonchev–Trinajstić information content (AvgIpc) is 2.17. The summed E-state index contributed by atoms with van der Waals surface area (Å²) in [4.78, 5) is 0. The third kappa shape index (κ3) is 5.36. The topological polar surface area (TPSA) is 72.8 Å². The Bertz CT molecular complexity index is 429. The molecule has 16 heavy (non-hydrogen) atoms. The van der Waals surface area contributed by atoms with Crippen molar-refractivity contribution in [1.82, 2.24) is 0 Å². The summed E-state index contributed by atoms with van der Waals surface area (Å²) in [5.41, 5.74) is 0.847. The van der Waals surface area contributed by atoms with Gasteiger partial charge >= 0.3 is 10.4 Å². The van der Waals surface area contributed by atoms with Crippen LogP contribution in [0.3, 0.4) is 0 Å². The lowest BCUT2D eigenvalue weighted by Gasteiger charge is -2.05. The van der Waals surface area contributed by atoms with Crippen LogP contribution in [-0.4, -0.2) is 19.6 Å². The van der Waals surface area contributed by atoms with Crippen molar-refractivity contribution in [1.29, 1.82) is 0 Å². The number of benzene rings is 1. The van der Waals surface area contributed by atoms with Gasteiger partial charge in [0.1, 0.15) is 5.75 Å². The van der Waals surface area contributed by atoms with E-state index in [1.54, 1.807) is 18.2 Å². The van der Waals surface area contributed by atoms with E-state index in [0.717, 1.165) is 5.56 Å². The van der Waals surface area contributed by atoms with Gasteiger partial charge in [-0.25, -0.2) is 0 Å². The summed E-state index contributed by atoms with van der Waals surface area (Å²) in [5, 5.41) is 0. The van der Waals surface area contributed by atoms with Gasteiger partial charge in [0, 0.05) is 17.8 Å². The van der Waals surface area contributed by atoms with Crippen molar-refractivity contribution < 1.29 is 21.3 Å². The highest BCUT2D eigenvalue weighted by atomic mass is 32.3. The van der Waals surface area contributed by atoms with Crippen molar-refractivity contribution in [3.8, 4) is 5.75 Å². The van der Waals surface area contributed by atoms with Crippen LogP contribution in [0.25, 0.3) is 0 Å². The normalized spacial score (nSPS) is 11.4. The molecule has 1 rings (SSSR count). The molecular weight excluding hydrogens is 252 g/mol. The molecule has 7 heteroatoms. The van der Waals surface area contributed by atoms with Crippen LogP contribution in [0.2, 0.25) is 0 Å². The van der Waals surface area contributed by atoms with Gasteiger partial charge in [-0.2, -0.15) is 12.0 Å². The van der Waals surface area contributed by atoms with Crippen LogP contribution in [0.4, 0.5) is 0 Å². The zero-order valence-corrected chi connectivity index (χ0v) is 10.3. The van der Waals surface area contributed by atoms with Gasteiger partial charge in [-0.3, -0.25) is 4.55 Å². The van der Waals surface area contributed by atoms with E-state index in [1.807, 2.05) is 13.0 Å². The van der Waals surface area contributed by atoms with E-state index in [0.29, 0.717) is 30.2 Å². The number of ether oxygens (including phenoxy) is 1. The molecule has 0 aliphatic carbocycles. The molecule has 0 bridgehead atoms. The van der Waals surface area contributed by atoms with E-state index in [-0.39, 0.29) is 0 Å². The minimum absolute atomic E-state index is 0.306. The van der Waals surface area contributed by atoms with E-state index < -0.39 is 10.4 Å². The molecule has 1 N–H and O–H groups in total. The predicted molar refractivity (Wildman–Crippen MR) is 61.5 cm³/mol. The quantitative estimate of drug-likeness (QED) is 0.626. The molecule has 0 atom stereocenters. The first-order chi connectivity index (χ1) is 7.51. The molecule has 90 valence electrons. The van der Waals surface area contributed by atoms with Gasteiger partial charge in [-0.15, -0.1) is 0 Å².